The van der Waals surface area contributed by atoms with Gasteiger partial charge in [0.15, 0.2) is 6.10 Å². The second-order valence-corrected chi connectivity index (χ2v) is 3.01. The van der Waals surface area contributed by atoms with Gasteiger partial charge in [0.2, 0.25) is 0 Å². The highest BCUT2D eigenvalue weighted by Crippen LogP contribution is 1.99. The standard InChI is InChI=1S/C8H16O4/c1-6(2)4-12-7(5-11-3)8(9)10/h6-7H,4-5H2,1-3H3,(H,9,10). The molecule has 0 amide bonds. The third-order valence-corrected chi connectivity index (χ3v) is 1.22. The van der Waals surface area contributed by atoms with Gasteiger partial charge in [0.1, 0.15) is 0 Å². The molecule has 0 aromatic rings. The van der Waals surface area contributed by atoms with Gasteiger partial charge >= 0.3 is 5.97 Å². The molecule has 1 unspecified atom stereocenters. The Bertz CT molecular complexity index is 133. The highest BCUT2D eigenvalue weighted by Gasteiger charge is 2.17. The maximum Gasteiger partial charge on any atom is 0.335 e. The lowest BCUT2D eigenvalue weighted by Gasteiger charge is -2.13. The van der Waals surface area contributed by atoms with Crippen molar-refractivity contribution in [2.24, 2.45) is 5.92 Å². The van der Waals surface area contributed by atoms with E-state index < -0.39 is 12.1 Å². The summed E-state index contributed by atoms with van der Waals surface area (Å²) in [4.78, 5) is 10.5. The molecule has 0 fully saturated rings. The average molecular weight is 176 g/mol. The van der Waals surface area contributed by atoms with Crippen molar-refractivity contribution in [2.45, 2.75) is 20.0 Å². The molecule has 0 heterocycles. The molecule has 0 aromatic heterocycles. The van der Waals surface area contributed by atoms with Gasteiger partial charge in [-0.15, -0.1) is 0 Å². The smallest absolute Gasteiger partial charge is 0.335 e. The Kier molecular flexibility index (Phi) is 5.66. The van der Waals surface area contributed by atoms with Gasteiger partial charge in [-0.25, -0.2) is 4.79 Å². The van der Waals surface area contributed by atoms with Crippen molar-refractivity contribution in [2.75, 3.05) is 20.3 Å². The first kappa shape index (κ1) is 11.4. The van der Waals surface area contributed by atoms with Gasteiger partial charge in [0, 0.05) is 7.11 Å². The molecule has 0 rings (SSSR count). The van der Waals surface area contributed by atoms with Crippen LogP contribution in [-0.2, 0) is 14.3 Å². The predicted molar refractivity (Wildman–Crippen MR) is 44.1 cm³/mol. The van der Waals surface area contributed by atoms with Crippen molar-refractivity contribution >= 4 is 5.97 Å². The van der Waals surface area contributed by atoms with Crippen molar-refractivity contribution in [3.8, 4) is 0 Å². The lowest BCUT2D eigenvalue weighted by molar-refractivity contribution is -0.154. The summed E-state index contributed by atoms with van der Waals surface area (Å²) >= 11 is 0. The molecule has 0 aliphatic rings. The fraction of sp³-hybridized carbons (Fsp3) is 0.875. The molecule has 0 saturated heterocycles. The molecule has 0 aromatic carbocycles. The van der Waals surface area contributed by atoms with Crippen LogP contribution in [0.15, 0.2) is 0 Å². The van der Waals surface area contributed by atoms with Crippen LogP contribution in [0.3, 0.4) is 0 Å². The van der Waals surface area contributed by atoms with Crippen LogP contribution in [0.25, 0.3) is 0 Å². The van der Waals surface area contributed by atoms with E-state index in [2.05, 4.69) is 0 Å². The van der Waals surface area contributed by atoms with Crippen LogP contribution in [0.5, 0.6) is 0 Å². The van der Waals surface area contributed by atoms with Gasteiger partial charge in [-0.2, -0.15) is 0 Å². The fourth-order valence-electron chi connectivity index (χ4n) is 0.651. The summed E-state index contributed by atoms with van der Waals surface area (Å²) in [5.41, 5.74) is 0. The van der Waals surface area contributed by atoms with E-state index in [1.807, 2.05) is 13.8 Å². The van der Waals surface area contributed by atoms with E-state index in [9.17, 15) is 4.79 Å². The van der Waals surface area contributed by atoms with E-state index in [1.165, 1.54) is 7.11 Å². The fourth-order valence-corrected chi connectivity index (χ4v) is 0.651. The van der Waals surface area contributed by atoms with Crippen molar-refractivity contribution in [3.05, 3.63) is 0 Å². The number of ether oxygens (including phenoxy) is 2. The first-order chi connectivity index (χ1) is 5.57. The summed E-state index contributed by atoms with van der Waals surface area (Å²) in [5.74, 6) is -0.638. The van der Waals surface area contributed by atoms with Crippen LogP contribution in [0.1, 0.15) is 13.8 Å². The number of hydrogen-bond donors (Lipinski definition) is 1. The average Bonchev–Trinajstić information content (AvgIpc) is 1.96. The van der Waals surface area contributed by atoms with E-state index in [4.69, 9.17) is 14.6 Å². The van der Waals surface area contributed by atoms with E-state index >= 15 is 0 Å². The molecule has 0 bridgehead atoms. The SMILES string of the molecule is COCC(OCC(C)C)C(=O)O. The van der Waals surface area contributed by atoms with Crippen LogP contribution in [0, 0.1) is 5.92 Å². The van der Waals surface area contributed by atoms with Gasteiger partial charge in [0.25, 0.3) is 0 Å². The number of hydrogen-bond acceptors (Lipinski definition) is 3. The van der Waals surface area contributed by atoms with Crippen LogP contribution < -0.4 is 0 Å². The zero-order chi connectivity index (χ0) is 9.56. The first-order valence-corrected chi connectivity index (χ1v) is 3.91. The van der Waals surface area contributed by atoms with Crippen molar-refractivity contribution in [3.63, 3.8) is 0 Å². The normalized spacial score (nSPS) is 13.3. The minimum Gasteiger partial charge on any atom is -0.479 e. The third-order valence-electron chi connectivity index (χ3n) is 1.22. The monoisotopic (exact) mass is 176 g/mol. The maximum absolute atomic E-state index is 10.5. The highest BCUT2D eigenvalue weighted by molar-refractivity contribution is 5.72. The lowest BCUT2D eigenvalue weighted by Crippen LogP contribution is -2.30. The Labute approximate surface area is 72.5 Å². The Balaban J connectivity index is 3.71. The van der Waals surface area contributed by atoms with Crippen molar-refractivity contribution in [1.82, 2.24) is 0 Å². The molecule has 1 N–H and O–H groups in total. The molecule has 0 spiro atoms. The second-order valence-electron chi connectivity index (χ2n) is 3.01. The van der Waals surface area contributed by atoms with Crippen LogP contribution in [0.2, 0.25) is 0 Å². The van der Waals surface area contributed by atoms with Gasteiger partial charge in [0.05, 0.1) is 13.2 Å². The molecule has 4 nitrogen and oxygen atoms in total. The van der Waals surface area contributed by atoms with E-state index in [0.29, 0.717) is 12.5 Å². The number of aliphatic carboxylic acids is 1. The highest BCUT2D eigenvalue weighted by atomic mass is 16.5. The predicted octanol–water partition coefficient (Wildman–Crippen LogP) is 0.759. The molecule has 0 radical (unpaired) electrons. The van der Waals surface area contributed by atoms with E-state index in [-0.39, 0.29) is 6.61 Å². The maximum atomic E-state index is 10.5. The minimum absolute atomic E-state index is 0.0993. The number of carbonyl (C=O) groups is 1. The quantitative estimate of drug-likeness (QED) is 0.649. The molecular weight excluding hydrogens is 160 g/mol. The summed E-state index contributed by atoms with van der Waals surface area (Å²) in [5, 5.41) is 8.61. The van der Waals surface area contributed by atoms with Gasteiger partial charge in [-0.1, -0.05) is 13.8 Å². The van der Waals surface area contributed by atoms with Crippen LogP contribution in [-0.4, -0.2) is 37.5 Å². The number of methoxy groups -OCH3 is 1. The zero-order valence-corrected chi connectivity index (χ0v) is 7.74. The Morgan fingerprint density at radius 2 is 2.00 bits per heavy atom. The molecular formula is C8H16O4. The summed E-state index contributed by atoms with van der Waals surface area (Å²) in [6, 6.07) is 0. The summed E-state index contributed by atoms with van der Waals surface area (Å²) in [7, 11) is 1.45. The van der Waals surface area contributed by atoms with E-state index in [1.54, 1.807) is 0 Å². The second kappa shape index (κ2) is 5.97. The summed E-state index contributed by atoms with van der Waals surface area (Å²) in [6.07, 6.45) is -0.836. The van der Waals surface area contributed by atoms with Gasteiger partial charge in [-0.05, 0) is 5.92 Å². The third kappa shape index (κ3) is 5.09. The molecule has 72 valence electrons. The minimum atomic E-state index is -0.975. The Hall–Kier alpha value is -0.610. The zero-order valence-electron chi connectivity index (χ0n) is 7.74. The molecule has 12 heavy (non-hydrogen) atoms. The first-order valence-electron chi connectivity index (χ1n) is 3.91. The molecule has 0 saturated carbocycles. The molecule has 0 aliphatic carbocycles. The molecule has 4 heteroatoms. The van der Waals surface area contributed by atoms with Gasteiger partial charge < -0.3 is 14.6 Å². The summed E-state index contributed by atoms with van der Waals surface area (Å²) < 4.78 is 9.77. The lowest BCUT2D eigenvalue weighted by atomic mass is 10.2. The topological polar surface area (TPSA) is 55.8 Å². The largest absolute Gasteiger partial charge is 0.479 e. The van der Waals surface area contributed by atoms with Crippen molar-refractivity contribution < 1.29 is 19.4 Å². The van der Waals surface area contributed by atoms with Crippen LogP contribution in [0.4, 0.5) is 0 Å². The number of carboxylic acids is 1. The van der Waals surface area contributed by atoms with Gasteiger partial charge in [-0.3, -0.25) is 0 Å². The van der Waals surface area contributed by atoms with E-state index in [0.717, 1.165) is 0 Å². The molecule has 1 atom stereocenters. The van der Waals surface area contributed by atoms with Crippen molar-refractivity contribution in [1.29, 1.82) is 0 Å². The number of rotatable bonds is 6. The Morgan fingerprint density at radius 1 is 1.42 bits per heavy atom. The Morgan fingerprint density at radius 3 is 2.33 bits per heavy atom. The molecule has 0 aliphatic heterocycles. The number of carboxylic acid groups (broad SMARTS) is 1. The van der Waals surface area contributed by atoms with Crippen LogP contribution >= 0.6 is 0 Å². The summed E-state index contributed by atoms with van der Waals surface area (Å²) in [6.45, 7) is 4.47.